The first-order valence-electron chi connectivity index (χ1n) is 14.6. The minimum Gasteiger partial charge on any atom is -0.480 e. The molecular formula is C30H46N4O2. The first-order valence-corrected chi connectivity index (χ1v) is 14.6. The number of aliphatic carboxylic acids is 1. The van der Waals surface area contributed by atoms with Gasteiger partial charge in [0.25, 0.3) is 0 Å². The van der Waals surface area contributed by atoms with Crippen LogP contribution in [0.2, 0.25) is 0 Å². The number of imidazole rings is 1. The number of carbonyl (C=O) groups is 1. The molecule has 0 aromatic carbocycles. The van der Waals surface area contributed by atoms with Gasteiger partial charge in [0.05, 0.1) is 17.9 Å². The van der Waals surface area contributed by atoms with Gasteiger partial charge >= 0.3 is 5.97 Å². The molecule has 0 radical (unpaired) electrons. The molecule has 5 rings (SSSR count). The van der Waals surface area contributed by atoms with Crippen molar-refractivity contribution in [2.75, 3.05) is 26.2 Å². The maximum Gasteiger partial charge on any atom is 0.317 e. The van der Waals surface area contributed by atoms with Crippen LogP contribution in [0.3, 0.4) is 0 Å². The van der Waals surface area contributed by atoms with Crippen LogP contribution in [0.4, 0.5) is 0 Å². The van der Waals surface area contributed by atoms with Crippen molar-refractivity contribution in [1.29, 1.82) is 0 Å². The van der Waals surface area contributed by atoms with Gasteiger partial charge in [0, 0.05) is 37.6 Å². The predicted molar refractivity (Wildman–Crippen MR) is 146 cm³/mol. The molecule has 1 aromatic heterocycles. The molecule has 6 nitrogen and oxygen atoms in total. The predicted octanol–water partition coefficient (Wildman–Crippen LogP) is 5.65. The Balaban J connectivity index is 1.31. The van der Waals surface area contributed by atoms with Gasteiger partial charge in [-0.3, -0.25) is 9.69 Å². The summed E-state index contributed by atoms with van der Waals surface area (Å²) in [5, 5.41) is 9.38. The van der Waals surface area contributed by atoms with Crippen molar-refractivity contribution < 1.29 is 9.90 Å². The largest absolute Gasteiger partial charge is 0.480 e. The number of allylic oxidation sites excluding steroid dienone is 1. The first kappa shape index (κ1) is 25.7. The number of rotatable bonds is 8. The number of aromatic nitrogens is 2. The highest BCUT2D eigenvalue weighted by atomic mass is 16.4. The van der Waals surface area contributed by atoms with Crippen LogP contribution < -0.4 is 0 Å². The lowest BCUT2D eigenvalue weighted by molar-refractivity contribution is -0.138. The van der Waals surface area contributed by atoms with E-state index in [4.69, 9.17) is 4.98 Å². The maximum atomic E-state index is 11.4. The molecule has 1 N–H and O–H groups in total. The molecule has 2 aliphatic carbocycles. The van der Waals surface area contributed by atoms with Gasteiger partial charge < -0.3 is 14.6 Å². The van der Waals surface area contributed by atoms with Gasteiger partial charge in [-0.15, -0.1) is 0 Å². The molecule has 36 heavy (non-hydrogen) atoms. The molecule has 0 amide bonds. The van der Waals surface area contributed by atoms with E-state index in [0.717, 1.165) is 73.7 Å². The molecule has 2 saturated carbocycles. The normalized spacial score (nSPS) is 30.6. The third-order valence-electron chi connectivity index (χ3n) is 9.56. The van der Waals surface area contributed by atoms with Crippen molar-refractivity contribution in [2.45, 2.75) is 102 Å². The lowest BCUT2D eigenvalue weighted by Gasteiger charge is -2.43. The van der Waals surface area contributed by atoms with Crippen molar-refractivity contribution in [3.05, 3.63) is 29.9 Å². The van der Waals surface area contributed by atoms with Gasteiger partial charge in [0.1, 0.15) is 5.82 Å². The molecule has 198 valence electrons. The number of nitrogens with zero attached hydrogens (tertiary/aromatic N) is 4. The Hall–Kier alpha value is -1.92. The summed E-state index contributed by atoms with van der Waals surface area (Å²) in [7, 11) is 0. The molecule has 2 aliphatic heterocycles. The van der Waals surface area contributed by atoms with E-state index >= 15 is 0 Å². The molecular weight excluding hydrogens is 448 g/mol. The summed E-state index contributed by atoms with van der Waals surface area (Å²) in [5.41, 5.74) is 2.14. The van der Waals surface area contributed by atoms with E-state index in [2.05, 4.69) is 33.1 Å². The second-order valence-corrected chi connectivity index (χ2v) is 11.9. The topological polar surface area (TPSA) is 61.6 Å². The fraction of sp³-hybridized carbons (Fsp3) is 0.733. The van der Waals surface area contributed by atoms with E-state index in [0.29, 0.717) is 6.04 Å². The van der Waals surface area contributed by atoms with Gasteiger partial charge in [-0.1, -0.05) is 38.3 Å². The number of fused-ring (bicyclic) bond motifs is 2. The molecule has 4 aliphatic rings. The Kier molecular flexibility index (Phi) is 8.32. The number of likely N-dealkylation sites (tertiary alicyclic amines) is 2. The zero-order valence-corrected chi connectivity index (χ0v) is 22.3. The summed E-state index contributed by atoms with van der Waals surface area (Å²) < 4.78 is 2.48. The summed E-state index contributed by atoms with van der Waals surface area (Å²) in [6, 6.07) is 1.48. The molecule has 6 heteroatoms. The molecule has 0 unspecified atom stereocenters. The number of piperidine rings is 1. The molecule has 2 bridgehead atoms. The smallest absolute Gasteiger partial charge is 0.317 e. The minimum absolute atomic E-state index is 0.128. The Morgan fingerprint density at radius 3 is 2.36 bits per heavy atom. The van der Waals surface area contributed by atoms with Gasteiger partial charge in [-0.25, -0.2) is 4.98 Å². The van der Waals surface area contributed by atoms with Crippen LogP contribution in [-0.2, 0) is 11.2 Å². The summed E-state index contributed by atoms with van der Waals surface area (Å²) in [6.45, 7) is 9.56. The van der Waals surface area contributed by atoms with Gasteiger partial charge in [0.2, 0.25) is 0 Å². The average Bonchev–Trinajstić information content (AvgIpc) is 3.40. The number of carboxylic acids is 1. The molecule has 4 atom stereocenters. The zero-order valence-electron chi connectivity index (χ0n) is 22.3. The monoisotopic (exact) mass is 494 g/mol. The Morgan fingerprint density at radius 1 is 1.00 bits per heavy atom. The molecule has 1 aromatic rings. The fourth-order valence-electron chi connectivity index (χ4n) is 7.94. The van der Waals surface area contributed by atoms with E-state index in [1.807, 2.05) is 13.0 Å². The lowest BCUT2D eigenvalue weighted by atomic mass is 9.77. The summed E-state index contributed by atoms with van der Waals surface area (Å²) >= 11 is 0. The first-order chi connectivity index (χ1) is 17.6. The van der Waals surface area contributed by atoms with Crippen LogP contribution >= 0.6 is 0 Å². The molecule has 0 spiro atoms. The van der Waals surface area contributed by atoms with Crippen LogP contribution in [-0.4, -0.2) is 68.7 Å². The summed E-state index contributed by atoms with van der Waals surface area (Å²) in [5.74, 6) is 2.30. The second-order valence-electron chi connectivity index (χ2n) is 11.9. The molecule has 4 fully saturated rings. The van der Waals surface area contributed by atoms with E-state index in [9.17, 15) is 9.90 Å². The van der Waals surface area contributed by atoms with Crippen molar-refractivity contribution in [2.24, 2.45) is 11.8 Å². The third kappa shape index (κ3) is 5.65. The molecule has 3 heterocycles. The third-order valence-corrected chi connectivity index (χ3v) is 9.56. The minimum atomic E-state index is -0.735. The van der Waals surface area contributed by atoms with Crippen LogP contribution in [0, 0.1) is 11.8 Å². The van der Waals surface area contributed by atoms with Gasteiger partial charge in [-0.05, 0) is 82.4 Å². The Bertz CT molecular complexity index is 931. The summed E-state index contributed by atoms with van der Waals surface area (Å²) in [6.07, 6.45) is 21.5. The number of hydrogen-bond donors (Lipinski definition) is 1. The van der Waals surface area contributed by atoms with E-state index in [1.165, 1.54) is 58.0 Å². The van der Waals surface area contributed by atoms with Gasteiger partial charge in [0.15, 0.2) is 0 Å². The Morgan fingerprint density at radius 2 is 1.72 bits per heavy atom. The van der Waals surface area contributed by atoms with Crippen LogP contribution in [0.15, 0.2) is 12.7 Å². The highest BCUT2D eigenvalue weighted by molar-refractivity contribution is 5.69. The van der Waals surface area contributed by atoms with Crippen molar-refractivity contribution in [3.63, 3.8) is 0 Å². The second kappa shape index (κ2) is 11.6. The van der Waals surface area contributed by atoms with Crippen molar-refractivity contribution in [1.82, 2.24) is 19.4 Å². The van der Waals surface area contributed by atoms with Crippen LogP contribution in [0.5, 0.6) is 0 Å². The lowest BCUT2D eigenvalue weighted by Crippen LogP contribution is -2.45. The highest BCUT2D eigenvalue weighted by Crippen LogP contribution is 2.41. The Labute approximate surface area is 217 Å². The van der Waals surface area contributed by atoms with Gasteiger partial charge in [-0.2, -0.15) is 0 Å². The van der Waals surface area contributed by atoms with E-state index in [1.54, 1.807) is 0 Å². The standard InChI is InChI=1S/C30H46N4O2/c1-3-8-27-28(4-2)34(29(31-27)20-25-11-7-14-33(25)21-30(35)36)24-12-15-32(16-13-24)26-18-22-9-5-6-10-23(17-22)19-26/h3-4,8,22-26H,2,5-7,9-21H2,1H3,(H,35,36)/b8-3-/t22-,23+,25-,26-/m0/s1. The van der Waals surface area contributed by atoms with Crippen molar-refractivity contribution >= 4 is 18.1 Å². The fourth-order valence-corrected chi connectivity index (χ4v) is 7.94. The van der Waals surface area contributed by atoms with Crippen LogP contribution in [0.25, 0.3) is 12.2 Å². The van der Waals surface area contributed by atoms with E-state index < -0.39 is 5.97 Å². The average molecular weight is 495 g/mol. The van der Waals surface area contributed by atoms with E-state index in [-0.39, 0.29) is 12.6 Å². The number of carboxylic acid groups (broad SMARTS) is 1. The number of hydrogen-bond acceptors (Lipinski definition) is 4. The summed E-state index contributed by atoms with van der Waals surface area (Å²) in [4.78, 5) is 21.5. The van der Waals surface area contributed by atoms with Crippen LogP contribution in [0.1, 0.15) is 101 Å². The molecule has 2 saturated heterocycles. The van der Waals surface area contributed by atoms with Crippen molar-refractivity contribution in [3.8, 4) is 0 Å². The SMILES string of the molecule is C=Cc1c(/C=C\C)nc(C[C@@H]2CCCN2CC(=O)O)n1C1CCN([C@@H]2C[C@@H]3CCCC[C@@H](C3)C2)CC1. The maximum absolute atomic E-state index is 11.4. The zero-order chi connectivity index (χ0) is 25.1. The quantitative estimate of drug-likeness (QED) is 0.506. The highest BCUT2D eigenvalue weighted by Gasteiger charge is 2.36.